The highest BCUT2D eigenvalue weighted by atomic mass is 32.2. The van der Waals surface area contributed by atoms with Crippen LogP contribution in [0.25, 0.3) is 0 Å². The molecule has 0 saturated carbocycles. The molecule has 11 nitrogen and oxygen atoms in total. The molecule has 0 bridgehead atoms. The molecule has 0 spiro atoms. The minimum atomic E-state index is -3.45. The summed E-state index contributed by atoms with van der Waals surface area (Å²) < 4.78 is 25.6. The number of rotatable bonds is 7. The highest BCUT2D eigenvalue weighted by Crippen LogP contribution is 2.25. The Hall–Kier alpha value is -3.93. The van der Waals surface area contributed by atoms with Crippen LogP contribution in [0.3, 0.4) is 0 Å². The fourth-order valence-electron chi connectivity index (χ4n) is 3.63. The lowest BCUT2D eigenvalue weighted by Gasteiger charge is -2.26. The Morgan fingerprint density at radius 3 is 2.76 bits per heavy atom. The maximum absolute atomic E-state index is 11.6. The fraction of sp³-hybridized carbons (Fsp3) is 0.273. The van der Waals surface area contributed by atoms with Gasteiger partial charge in [-0.15, -0.1) is 0 Å². The first-order valence-electron chi connectivity index (χ1n) is 10.5. The van der Waals surface area contributed by atoms with Gasteiger partial charge < -0.3 is 20.6 Å². The van der Waals surface area contributed by atoms with Gasteiger partial charge in [0.15, 0.2) is 0 Å². The Kier molecular flexibility index (Phi) is 6.50. The summed E-state index contributed by atoms with van der Waals surface area (Å²) >= 11 is 0. The molecule has 1 aliphatic rings. The van der Waals surface area contributed by atoms with Crippen molar-refractivity contribution in [3.05, 3.63) is 65.0 Å². The molecule has 2 aromatic heterocycles. The number of hydrogen-bond donors (Lipinski definition) is 4. The van der Waals surface area contributed by atoms with Gasteiger partial charge in [0.2, 0.25) is 16.0 Å². The number of pyridine rings is 1. The molecule has 4 rings (SSSR count). The number of carbonyl (C=O) groups is 1. The van der Waals surface area contributed by atoms with Crippen molar-refractivity contribution in [2.24, 2.45) is 0 Å². The van der Waals surface area contributed by atoms with Crippen LogP contribution < -0.4 is 15.4 Å². The summed E-state index contributed by atoms with van der Waals surface area (Å²) in [5, 5.41) is 15.6. The van der Waals surface area contributed by atoms with E-state index in [0.29, 0.717) is 43.4 Å². The molecule has 1 aliphatic heterocycles. The van der Waals surface area contributed by atoms with Gasteiger partial charge in [0.05, 0.1) is 6.26 Å². The number of fused-ring (bicyclic) bond motifs is 1. The zero-order valence-corrected chi connectivity index (χ0v) is 19.6. The molecule has 3 aromatic rings. The van der Waals surface area contributed by atoms with Gasteiger partial charge in [-0.1, -0.05) is 12.1 Å². The molecule has 0 atom stereocenters. The number of aromatic nitrogens is 3. The van der Waals surface area contributed by atoms with Crippen molar-refractivity contribution in [3.8, 4) is 0 Å². The summed E-state index contributed by atoms with van der Waals surface area (Å²) in [4.78, 5) is 25.6. The van der Waals surface area contributed by atoms with Crippen molar-refractivity contribution in [2.45, 2.75) is 26.4 Å². The minimum Gasteiger partial charge on any atom is -0.465 e. The van der Waals surface area contributed by atoms with Gasteiger partial charge in [-0.05, 0) is 42.7 Å². The fourth-order valence-corrected chi connectivity index (χ4v) is 4.17. The van der Waals surface area contributed by atoms with Crippen molar-refractivity contribution in [1.29, 1.82) is 0 Å². The molecular weight excluding hydrogens is 458 g/mol. The van der Waals surface area contributed by atoms with Crippen LogP contribution in [0.1, 0.15) is 22.3 Å². The van der Waals surface area contributed by atoms with Gasteiger partial charge >= 0.3 is 6.09 Å². The summed E-state index contributed by atoms with van der Waals surface area (Å²) in [6.45, 7) is 3.02. The lowest BCUT2D eigenvalue weighted by molar-refractivity contribution is 0.140. The topological polar surface area (TPSA) is 149 Å². The standard InChI is InChI=1S/C22H25N7O4S/c1-14-11-25-21(26-18-6-5-17-13-29(22(30)31)9-7-15(17)10-18)27-19(14)24-12-16-4-3-8-23-20(16)28-34(2,32)33/h3-6,8,10-11H,7,9,12-13H2,1-2H3,(H,23,28)(H,30,31)(H2,24,25,26,27). The number of carboxylic acid groups (broad SMARTS) is 1. The Morgan fingerprint density at radius 2 is 2.00 bits per heavy atom. The third-order valence-corrected chi connectivity index (χ3v) is 5.90. The SMILES string of the molecule is Cc1cnc(Nc2ccc3c(c2)CCN(C(=O)O)C3)nc1NCc1cccnc1NS(C)(=O)=O. The molecule has 0 unspecified atom stereocenters. The molecular formula is C22H25N7O4S. The van der Waals surface area contributed by atoms with E-state index in [0.717, 1.165) is 28.6 Å². The zero-order valence-electron chi connectivity index (χ0n) is 18.7. The number of nitrogens with zero attached hydrogens (tertiary/aromatic N) is 4. The molecule has 0 radical (unpaired) electrons. The van der Waals surface area contributed by atoms with E-state index >= 15 is 0 Å². The maximum Gasteiger partial charge on any atom is 0.407 e. The van der Waals surface area contributed by atoms with Gasteiger partial charge in [-0.3, -0.25) is 4.72 Å². The van der Waals surface area contributed by atoms with Crippen LogP contribution in [0.2, 0.25) is 0 Å². The van der Waals surface area contributed by atoms with E-state index < -0.39 is 16.1 Å². The molecule has 0 fully saturated rings. The second-order valence-electron chi connectivity index (χ2n) is 8.03. The van der Waals surface area contributed by atoms with Crippen molar-refractivity contribution in [3.63, 3.8) is 0 Å². The normalized spacial score (nSPS) is 13.2. The highest BCUT2D eigenvalue weighted by molar-refractivity contribution is 7.92. The van der Waals surface area contributed by atoms with Gasteiger partial charge in [0, 0.05) is 48.8 Å². The zero-order chi connectivity index (χ0) is 24.3. The Balaban J connectivity index is 1.47. The van der Waals surface area contributed by atoms with Crippen LogP contribution in [0, 0.1) is 6.92 Å². The van der Waals surface area contributed by atoms with Crippen molar-refractivity contribution in [2.75, 3.05) is 28.2 Å². The highest BCUT2D eigenvalue weighted by Gasteiger charge is 2.20. The Bertz CT molecular complexity index is 1330. The van der Waals surface area contributed by atoms with Crippen molar-refractivity contribution < 1.29 is 18.3 Å². The first kappa shape index (κ1) is 23.2. The first-order chi connectivity index (χ1) is 16.2. The van der Waals surface area contributed by atoms with Crippen LogP contribution >= 0.6 is 0 Å². The maximum atomic E-state index is 11.6. The van der Waals surface area contributed by atoms with E-state index in [9.17, 15) is 18.3 Å². The number of anilines is 4. The van der Waals surface area contributed by atoms with E-state index in [1.165, 1.54) is 11.1 Å². The van der Waals surface area contributed by atoms with Crippen LogP contribution in [0.15, 0.2) is 42.7 Å². The molecule has 12 heteroatoms. The van der Waals surface area contributed by atoms with Crippen molar-refractivity contribution >= 4 is 39.4 Å². The second kappa shape index (κ2) is 9.51. The average molecular weight is 484 g/mol. The number of benzene rings is 1. The number of aryl methyl sites for hydroxylation is 1. The van der Waals surface area contributed by atoms with E-state index in [2.05, 4.69) is 30.3 Å². The smallest absolute Gasteiger partial charge is 0.407 e. The van der Waals surface area contributed by atoms with E-state index in [1.807, 2.05) is 25.1 Å². The molecule has 0 saturated heterocycles. The second-order valence-corrected chi connectivity index (χ2v) is 9.78. The molecule has 3 heterocycles. The molecule has 0 aliphatic carbocycles. The summed E-state index contributed by atoms with van der Waals surface area (Å²) in [5.41, 5.74) is 4.39. The third kappa shape index (κ3) is 5.70. The van der Waals surface area contributed by atoms with E-state index in [-0.39, 0.29) is 5.82 Å². The third-order valence-electron chi connectivity index (χ3n) is 5.34. The first-order valence-corrected chi connectivity index (χ1v) is 12.4. The van der Waals surface area contributed by atoms with E-state index in [4.69, 9.17) is 0 Å². The predicted octanol–water partition coefficient (Wildman–Crippen LogP) is 2.94. The van der Waals surface area contributed by atoms with Crippen LogP contribution in [0.5, 0.6) is 0 Å². The lowest BCUT2D eigenvalue weighted by Crippen LogP contribution is -2.34. The Morgan fingerprint density at radius 1 is 1.18 bits per heavy atom. The average Bonchev–Trinajstić information content (AvgIpc) is 2.79. The summed E-state index contributed by atoms with van der Waals surface area (Å²) in [6.07, 6.45) is 4.03. The largest absolute Gasteiger partial charge is 0.465 e. The summed E-state index contributed by atoms with van der Waals surface area (Å²) in [7, 11) is -3.45. The predicted molar refractivity (Wildman–Crippen MR) is 129 cm³/mol. The van der Waals surface area contributed by atoms with Gasteiger partial charge in [0.1, 0.15) is 11.6 Å². The quantitative estimate of drug-likeness (QED) is 0.398. The molecule has 1 amide bonds. The molecule has 4 N–H and O–H groups in total. The monoisotopic (exact) mass is 483 g/mol. The Labute approximate surface area is 197 Å². The van der Waals surface area contributed by atoms with Gasteiger partial charge in [-0.2, -0.15) is 4.98 Å². The lowest BCUT2D eigenvalue weighted by atomic mass is 9.99. The molecule has 34 heavy (non-hydrogen) atoms. The van der Waals surface area contributed by atoms with Crippen molar-refractivity contribution in [1.82, 2.24) is 19.9 Å². The van der Waals surface area contributed by atoms with Crippen LogP contribution in [0.4, 0.5) is 28.1 Å². The summed E-state index contributed by atoms with van der Waals surface area (Å²) in [6, 6.07) is 9.29. The molecule has 178 valence electrons. The van der Waals surface area contributed by atoms with Gasteiger partial charge in [0.25, 0.3) is 0 Å². The number of amides is 1. The minimum absolute atomic E-state index is 0.262. The summed E-state index contributed by atoms with van der Waals surface area (Å²) in [5.74, 6) is 1.26. The van der Waals surface area contributed by atoms with Gasteiger partial charge in [-0.25, -0.2) is 23.2 Å². The number of sulfonamides is 1. The molecule has 1 aromatic carbocycles. The number of hydrogen-bond acceptors (Lipinski definition) is 8. The number of nitrogens with one attached hydrogen (secondary N) is 3. The van der Waals surface area contributed by atoms with E-state index in [1.54, 1.807) is 18.3 Å². The van der Waals surface area contributed by atoms with Crippen LogP contribution in [-0.4, -0.2) is 52.3 Å². The van der Waals surface area contributed by atoms with Crippen LogP contribution in [-0.2, 0) is 29.5 Å².